The van der Waals surface area contributed by atoms with Gasteiger partial charge in [0.2, 0.25) is 5.91 Å². The number of nitrogens with zero attached hydrogens (tertiary/aromatic N) is 2. The molecule has 0 saturated heterocycles. The Balaban J connectivity index is 1.86. The number of nitrogens with one attached hydrogen (secondary N) is 1. The zero-order chi connectivity index (χ0) is 18.7. The summed E-state index contributed by atoms with van der Waals surface area (Å²) in [5.74, 6) is 0.180. The molecule has 0 aliphatic carbocycles. The molecule has 0 saturated carbocycles. The van der Waals surface area contributed by atoms with Crippen LogP contribution in [-0.4, -0.2) is 22.1 Å². The quantitative estimate of drug-likeness (QED) is 0.718. The van der Waals surface area contributed by atoms with Gasteiger partial charge in [-0.25, -0.2) is 4.98 Å². The van der Waals surface area contributed by atoms with Gasteiger partial charge in [-0.15, -0.1) is 0 Å². The number of hydrogen-bond acceptors (Lipinski definition) is 4. The Morgan fingerprint density at radius 3 is 2.81 bits per heavy atom. The normalized spacial score (nSPS) is 10.7. The Hall–Kier alpha value is -2.57. The number of hydrogen-bond donors (Lipinski definition) is 1. The topological polar surface area (TPSA) is 73.2 Å². The molecule has 0 atom stereocenters. The van der Waals surface area contributed by atoms with E-state index in [0.717, 1.165) is 0 Å². The Kier molecular flexibility index (Phi) is 5.44. The summed E-state index contributed by atoms with van der Waals surface area (Å²) in [6.07, 6.45) is 1.29. The van der Waals surface area contributed by atoms with Gasteiger partial charge in [-0.2, -0.15) is 0 Å². The van der Waals surface area contributed by atoms with Crippen molar-refractivity contribution in [2.45, 2.75) is 13.5 Å². The Labute approximate surface area is 159 Å². The number of ether oxygens (including phenoxy) is 1. The second-order valence-electron chi connectivity index (χ2n) is 5.44. The molecule has 0 aliphatic rings. The minimum absolute atomic E-state index is 0.202. The van der Waals surface area contributed by atoms with Gasteiger partial charge in [0.1, 0.15) is 12.3 Å². The molecule has 1 aromatic heterocycles. The third-order valence-corrected chi connectivity index (χ3v) is 4.13. The van der Waals surface area contributed by atoms with Crippen LogP contribution in [0.2, 0.25) is 10.0 Å². The fourth-order valence-electron chi connectivity index (χ4n) is 2.50. The minimum Gasteiger partial charge on any atom is -0.492 e. The molecule has 0 unspecified atom stereocenters. The number of para-hydroxylation sites is 2. The van der Waals surface area contributed by atoms with Crippen LogP contribution >= 0.6 is 23.2 Å². The SMILES string of the molecule is CCOc1ccccc1NC(=O)Cn1cnc2c(Cl)cc(Cl)cc2c1=O. The van der Waals surface area contributed by atoms with Gasteiger partial charge in [0.15, 0.2) is 0 Å². The van der Waals surface area contributed by atoms with Crippen LogP contribution in [0, 0.1) is 0 Å². The number of halogens is 2. The molecule has 8 heteroatoms. The van der Waals surface area contributed by atoms with E-state index in [2.05, 4.69) is 10.3 Å². The fraction of sp³-hybridized carbons (Fsp3) is 0.167. The average molecular weight is 392 g/mol. The van der Waals surface area contributed by atoms with Crippen molar-refractivity contribution in [3.8, 4) is 5.75 Å². The summed E-state index contributed by atoms with van der Waals surface area (Å²) < 4.78 is 6.67. The van der Waals surface area contributed by atoms with Crippen molar-refractivity contribution in [1.29, 1.82) is 0 Å². The number of anilines is 1. The van der Waals surface area contributed by atoms with Gasteiger partial charge in [0.25, 0.3) is 5.56 Å². The van der Waals surface area contributed by atoms with Gasteiger partial charge in [0.05, 0.1) is 34.5 Å². The number of carbonyl (C=O) groups is 1. The highest BCUT2D eigenvalue weighted by Crippen LogP contribution is 2.25. The Bertz CT molecular complexity index is 1030. The van der Waals surface area contributed by atoms with Crippen molar-refractivity contribution in [2.24, 2.45) is 0 Å². The maximum Gasteiger partial charge on any atom is 0.261 e. The van der Waals surface area contributed by atoms with Gasteiger partial charge >= 0.3 is 0 Å². The van der Waals surface area contributed by atoms with E-state index in [9.17, 15) is 9.59 Å². The highest BCUT2D eigenvalue weighted by atomic mass is 35.5. The van der Waals surface area contributed by atoms with Gasteiger partial charge in [-0.3, -0.25) is 14.2 Å². The first kappa shape index (κ1) is 18.2. The monoisotopic (exact) mass is 391 g/mol. The Morgan fingerprint density at radius 1 is 1.27 bits per heavy atom. The lowest BCUT2D eigenvalue weighted by atomic mass is 10.2. The molecule has 0 aliphatic heterocycles. The molecule has 1 amide bonds. The average Bonchev–Trinajstić information content (AvgIpc) is 2.60. The summed E-state index contributed by atoms with van der Waals surface area (Å²) in [6.45, 7) is 2.13. The number of benzene rings is 2. The molecule has 3 rings (SSSR count). The van der Waals surface area contributed by atoms with Crippen LogP contribution in [0.1, 0.15) is 6.92 Å². The summed E-state index contributed by atoms with van der Waals surface area (Å²) >= 11 is 12.0. The van der Waals surface area contributed by atoms with Crippen molar-refractivity contribution in [3.05, 3.63) is 63.1 Å². The molecule has 0 radical (unpaired) electrons. The van der Waals surface area contributed by atoms with E-state index >= 15 is 0 Å². The predicted octanol–water partition coefficient (Wildman–Crippen LogP) is 3.74. The molecule has 1 heterocycles. The number of aromatic nitrogens is 2. The Morgan fingerprint density at radius 2 is 2.04 bits per heavy atom. The zero-order valence-electron chi connectivity index (χ0n) is 13.8. The van der Waals surface area contributed by atoms with E-state index in [0.29, 0.717) is 28.6 Å². The third-order valence-electron chi connectivity index (χ3n) is 3.62. The number of amides is 1. The van der Waals surface area contributed by atoms with Crippen LogP contribution in [0.5, 0.6) is 5.75 Å². The maximum absolute atomic E-state index is 12.6. The summed E-state index contributed by atoms with van der Waals surface area (Å²) in [5, 5.41) is 3.61. The number of fused-ring (bicyclic) bond motifs is 1. The van der Waals surface area contributed by atoms with Crippen LogP contribution in [0.3, 0.4) is 0 Å². The van der Waals surface area contributed by atoms with Crippen LogP contribution in [0.15, 0.2) is 47.5 Å². The van der Waals surface area contributed by atoms with E-state index in [4.69, 9.17) is 27.9 Å². The molecule has 3 aromatic rings. The number of rotatable bonds is 5. The van der Waals surface area contributed by atoms with E-state index < -0.39 is 5.56 Å². The van der Waals surface area contributed by atoms with Gasteiger partial charge in [0, 0.05) is 5.02 Å². The molecule has 6 nitrogen and oxygen atoms in total. The summed E-state index contributed by atoms with van der Waals surface area (Å²) in [7, 11) is 0. The molecule has 0 bridgehead atoms. The van der Waals surface area contributed by atoms with E-state index in [-0.39, 0.29) is 22.9 Å². The molecular formula is C18H15Cl2N3O3. The standard InChI is InChI=1S/C18H15Cl2N3O3/c1-2-26-15-6-4-3-5-14(15)22-16(24)9-23-10-21-17-12(18(23)25)7-11(19)8-13(17)20/h3-8,10H,2,9H2,1H3,(H,22,24). The van der Waals surface area contributed by atoms with Crippen molar-refractivity contribution in [1.82, 2.24) is 9.55 Å². The molecular weight excluding hydrogens is 377 g/mol. The molecule has 2 aromatic carbocycles. The molecule has 1 N–H and O–H groups in total. The van der Waals surface area contributed by atoms with E-state index in [1.807, 2.05) is 13.0 Å². The summed E-state index contributed by atoms with van der Waals surface area (Å²) in [4.78, 5) is 29.1. The summed E-state index contributed by atoms with van der Waals surface area (Å²) in [6, 6.07) is 10.1. The van der Waals surface area contributed by atoms with Gasteiger partial charge in [-0.05, 0) is 31.2 Å². The minimum atomic E-state index is -0.396. The smallest absolute Gasteiger partial charge is 0.261 e. The van der Waals surface area contributed by atoms with Crippen LogP contribution < -0.4 is 15.6 Å². The second kappa shape index (κ2) is 7.76. The first-order chi connectivity index (χ1) is 12.5. The molecule has 0 spiro atoms. The highest BCUT2D eigenvalue weighted by Gasteiger charge is 2.12. The lowest BCUT2D eigenvalue weighted by molar-refractivity contribution is -0.116. The van der Waals surface area contributed by atoms with Crippen molar-refractivity contribution < 1.29 is 9.53 Å². The van der Waals surface area contributed by atoms with E-state index in [1.54, 1.807) is 18.2 Å². The van der Waals surface area contributed by atoms with Crippen molar-refractivity contribution in [3.63, 3.8) is 0 Å². The van der Waals surface area contributed by atoms with Gasteiger partial charge < -0.3 is 10.1 Å². The largest absolute Gasteiger partial charge is 0.492 e. The molecule has 26 heavy (non-hydrogen) atoms. The number of carbonyl (C=O) groups excluding carboxylic acids is 1. The predicted molar refractivity (Wildman–Crippen MR) is 102 cm³/mol. The van der Waals surface area contributed by atoms with Gasteiger partial charge in [-0.1, -0.05) is 35.3 Å². The summed E-state index contributed by atoms with van der Waals surface area (Å²) in [5.41, 5.74) is 0.485. The first-order valence-corrected chi connectivity index (χ1v) is 8.61. The molecule has 134 valence electrons. The second-order valence-corrected chi connectivity index (χ2v) is 6.28. The lowest BCUT2D eigenvalue weighted by Gasteiger charge is -2.12. The molecule has 0 fully saturated rings. The van der Waals surface area contributed by atoms with Crippen LogP contribution in [0.4, 0.5) is 5.69 Å². The van der Waals surface area contributed by atoms with E-state index in [1.165, 1.54) is 23.0 Å². The van der Waals surface area contributed by atoms with Crippen molar-refractivity contribution in [2.75, 3.05) is 11.9 Å². The maximum atomic E-state index is 12.6. The third kappa shape index (κ3) is 3.81. The van der Waals surface area contributed by atoms with Crippen molar-refractivity contribution >= 4 is 45.7 Å². The first-order valence-electron chi connectivity index (χ1n) is 7.85. The fourth-order valence-corrected chi connectivity index (χ4v) is 3.05. The van der Waals surface area contributed by atoms with Crippen LogP contribution in [0.25, 0.3) is 10.9 Å². The zero-order valence-corrected chi connectivity index (χ0v) is 15.3. The lowest BCUT2D eigenvalue weighted by Crippen LogP contribution is -2.28. The highest BCUT2D eigenvalue weighted by molar-refractivity contribution is 6.38. The van der Waals surface area contributed by atoms with Crippen LogP contribution in [-0.2, 0) is 11.3 Å².